The molecule has 0 heterocycles. The topological polar surface area (TPSA) is 29.3 Å². The van der Waals surface area contributed by atoms with Crippen molar-refractivity contribution in [2.24, 2.45) is 0 Å². The zero-order valence-corrected chi connectivity index (χ0v) is 11.6. The summed E-state index contributed by atoms with van der Waals surface area (Å²) in [6.45, 7) is 2.20. The van der Waals surface area contributed by atoms with E-state index in [9.17, 15) is 0 Å². The molecule has 1 aromatic rings. The summed E-state index contributed by atoms with van der Waals surface area (Å²) >= 11 is 7.88. The van der Waals surface area contributed by atoms with Crippen molar-refractivity contribution in [2.45, 2.75) is 19.4 Å². The van der Waals surface area contributed by atoms with Gasteiger partial charge >= 0.3 is 0 Å². The molecule has 0 saturated heterocycles. The van der Waals surface area contributed by atoms with Crippen LogP contribution in [0.1, 0.15) is 13.3 Å². The van der Waals surface area contributed by atoms with Crippen LogP contribution < -0.4 is 10.6 Å². The Morgan fingerprint density at radius 1 is 1.50 bits per heavy atom. The van der Waals surface area contributed by atoms with Crippen LogP contribution >= 0.6 is 23.4 Å². The van der Waals surface area contributed by atoms with Crippen molar-refractivity contribution in [1.29, 1.82) is 0 Å². The third-order valence-corrected chi connectivity index (χ3v) is 3.78. The zero-order chi connectivity index (χ0) is 12.1. The van der Waals surface area contributed by atoms with Crippen LogP contribution in [0, 0.1) is 0 Å². The average Bonchev–Trinajstić information content (AvgIpc) is 2.28. The fraction of sp³-hybridized carbons (Fsp3) is 0.500. The fourth-order valence-corrected chi connectivity index (χ4v) is 2.30. The van der Waals surface area contributed by atoms with E-state index >= 15 is 0 Å². The van der Waals surface area contributed by atoms with Crippen molar-refractivity contribution in [3.63, 3.8) is 0 Å². The van der Waals surface area contributed by atoms with Crippen molar-refractivity contribution >= 4 is 34.7 Å². The summed E-state index contributed by atoms with van der Waals surface area (Å²) in [4.78, 5) is 2.19. The number of benzene rings is 1. The van der Waals surface area contributed by atoms with E-state index < -0.39 is 0 Å². The first-order valence-corrected chi connectivity index (χ1v) is 7.11. The number of anilines is 2. The van der Waals surface area contributed by atoms with Crippen LogP contribution in [-0.2, 0) is 0 Å². The number of thioether (sulfide) groups is 1. The smallest absolute Gasteiger partial charge is 0.0741 e. The Morgan fingerprint density at radius 2 is 2.19 bits per heavy atom. The van der Waals surface area contributed by atoms with Gasteiger partial charge in [-0.25, -0.2) is 0 Å². The maximum Gasteiger partial charge on any atom is 0.0741 e. The van der Waals surface area contributed by atoms with Crippen LogP contribution in [0.25, 0.3) is 0 Å². The highest BCUT2D eigenvalue weighted by molar-refractivity contribution is 7.98. The number of nitrogens with zero attached hydrogens (tertiary/aromatic N) is 1. The van der Waals surface area contributed by atoms with Crippen LogP contribution in [0.15, 0.2) is 18.2 Å². The van der Waals surface area contributed by atoms with Crippen molar-refractivity contribution in [2.75, 3.05) is 29.7 Å². The molecule has 2 nitrogen and oxygen atoms in total. The number of para-hydroxylation sites is 1. The minimum Gasteiger partial charge on any atom is -0.396 e. The van der Waals surface area contributed by atoms with Gasteiger partial charge in [-0.15, -0.1) is 0 Å². The summed E-state index contributed by atoms with van der Waals surface area (Å²) in [5, 5.41) is 0.626. The molecule has 0 spiro atoms. The average molecular weight is 259 g/mol. The largest absolute Gasteiger partial charge is 0.396 e. The Kier molecular flexibility index (Phi) is 5.29. The zero-order valence-electron chi connectivity index (χ0n) is 10.0. The monoisotopic (exact) mass is 258 g/mol. The minimum absolute atomic E-state index is 0.466. The molecule has 0 fully saturated rings. The molecule has 0 aromatic heterocycles. The molecule has 0 aliphatic rings. The van der Waals surface area contributed by atoms with Gasteiger partial charge in [-0.05, 0) is 37.5 Å². The van der Waals surface area contributed by atoms with Gasteiger partial charge < -0.3 is 10.6 Å². The highest BCUT2D eigenvalue weighted by atomic mass is 35.5. The van der Waals surface area contributed by atoms with Crippen LogP contribution in [0.2, 0.25) is 5.02 Å². The Balaban J connectivity index is 2.79. The second-order valence-electron chi connectivity index (χ2n) is 3.91. The molecule has 16 heavy (non-hydrogen) atoms. The number of nitrogen functional groups attached to an aromatic ring is 1. The summed E-state index contributed by atoms with van der Waals surface area (Å²) in [5.41, 5.74) is 7.66. The minimum atomic E-state index is 0.466. The van der Waals surface area contributed by atoms with Gasteiger partial charge in [0.15, 0.2) is 0 Å². The van der Waals surface area contributed by atoms with E-state index in [0.29, 0.717) is 16.8 Å². The van der Waals surface area contributed by atoms with E-state index in [0.717, 1.165) is 17.9 Å². The molecule has 0 aliphatic heterocycles. The lowest BCUT2D eigenvalue weighted by Gasteiger charge is -2.28. The maximum atomic E-state index is 6.01. The fourth-order valence-electron chi connectivity index (χ4n) is 1.55. The van der Waals surface area contributed by atoms with Gasteiger partial charge in [0.25, 0.3) is 0 Å². The number of hydrogen-bond donors (Lipinski definition) is 1. The summed E-state index contributed by atoms with van der Waals surface area (Å²) in [5.74, 6) is 1.16. The molecule has 1 aromatic carbocycles. The van der Waals surface area contributed by atoms with Crippen LogP contribution in [0.4, 0.5) is 11.4 Å². The van der Waals surface area contributed by atoms with E-state index in [1.165, 1.54) is 0 Å². The van der Waals surface area contributed by atoms with Gasteiger partial charge in [0.1, 0.15) is 0 Å². The molecule has 0 bridgehead atoms. The second kappa shape index (κ2) is 6.26. The molecule has 1 unspecified atom stereocenters. The normalized spacial score (nSPS) is 12.5. The van der Waals surface area contributed by atoms with Gasteiger partial charge in [0.05, 0.1) is 16.4 Å². The van der Waals surface area contributed by atoms with Gasteiger partial charge in [-0.2, -0.15) is 11.8 Å². The van der Waals surface area contributed by atoms with Crippen molar-refractivity contribution < 1.29 is 0 Å². The third-order valence-electron chi connectivity index (χ3n) is 2.81. The maximum absolute atomic E-state index is 6.01. The second-order valence-corrected chi connectivity index (χ2v) is 5.31. The van der Waals surface area contributed by atoms with Crippen molar-refractivity contribution in [3.05, 3.63) is 23.2 Å². The lowest BCUT2D eigenvalue weighted by Crippen LogP contribution is -2.30. The number of nitrogens with two attached hydrogens (primary N) is 1. The molecule has 0 saturated carbocycles. The van der Waals surface area contributed by atoms with Gasteiger partial charge in [-0.3, -0.25) is 0 Å². The van der Waals surface area contributed by atoms with Gasteiger partial charge in [0.2, 0.25) is 0 Å². The molecular formula is C12H19ClN2S. The van der Waals surface area contributed by atoms with E-state index in [1.54, 1.807) is 0 Å². The molecule has 0 amide bonds. The molecule has 0 radical (unpaired) electrons. The first kappa shape index (κ1) is 13.5. The van der Waals surface area contributed by atoms with E-state index in [2.05, 4.69) is 25.1 Å². The Labute approximate surface area is 107 Å². The van der Waals surface area contributed by atoms with Crippen LogP contribution in [0.3, 0.4) is 0 Å². The Bertz CT molecular complexity index is 344. The standard InChI is InChI=1S/C12H19ClN2S/c1-9(7-8-16-3)15(2)11-6-4-5-10(13)12(11)14/h4-6,9H,7-8,14H2,1-3H3. The Hall–Kier alpha value is -0.540. The van der Waals surface area contributed by atoms with Crippen LogP contribution in [0.5, 0.6) is 0 Å². The van der Waals surface area contributed by atoms with Crippen molar-refractivity contribution in [1.82, 2.24) is 0 Å². The summed E-state index contributed by atoms with van der Waals surface area (Å²) < 4.78 is 0. The molecular weight excluding hydrogens is 240 g/mol. The molecule has 2 N–H and O–H groups in total. The SMILES string of the molecule is CSCCC(C)N(C)c1cccc(Cl)c1N. The predicted octanol–water partition coefficient (Wildman–Crippen LogP) is 3.50. The lowest BCUT2D eigenvalue weighted by atomic mass is 10.2. The lowest BCUT2D eigenvalue weighted by molar-refractivity contribution is 0.670. The van der Waals surface area contributed by atoms with Crippen molar-refractivity contribution in [3.8, 4) is 0 Å². The van der Waals surface area contributed by atoms with E-state index in [1.807, 2.05) is 30.0 Å². The first-order chi connectivity index (χ1) is 7.57. The number of halogens is 1. The molecule has 1 rings (SSSR count). The first-order valence-electron chi connectivity index (χ1n) is 5.33. The van der Waals surface area contributed by atoms with E-state index in [4.69, 9.17) is 17.3 Å². The predicted molar refractivity (Wildman–Crippen MR) is 76.7 cm³/mol. The summed E-state index contributed by atoms with van der Waals surface area (Å²) in [7, 11) is 2.06. The number of rotatable bonds is 5. The molecule has 1 atom stereocenters. The third kappa shape index (κ3) is 3.22. The highest BCUT2D eigenvalue weighted by Crippen LogP contribution is 2.30. The Morgan fingerprint density at radius 3 is 2.81 bits per heavy atom. The number of hydrogen-bond acceptors (Lipinski definition) is 3. The van der Waals surface area contributed by atoms with E-state index in [-0.39, 0.29) is 0 Å². The summed E-state index contributed by atoms with van der Waals surface area (Å²) in [6.07, 6.45) is 3.27. The quantitative estimate of drug-likeness (QED) is 0.820. The van der Waals surface area contributed by atoms with Gasteiger partial charge in [0, 0.05) is 13.1 Å². The summed E-state index contributed by atoms with van der Waals surface area (Å²) in [6, 6.07) is 6.23. The highest BCUT2D eigenvalue weighted by Gasteiger charge is 2.13. The molecule has 90 valence electrons. The van der Waals surface area contributed by atoms with Gasteiger partial charge in [-0.1, -0.05) is 17.7 Å². The van der Waals surface area contributed by atoms with Crippen LogP contribution in [-0.4, -0.2) is 25.1 Å². The molecule has 0 aliphatic carbocycles. The molecule has 4 heteroatoms.